The first-order valence-electron chi connectivity index (χ1n) is 11.3. The van der Waals surface area contributed by atoms with Crippen LogP contribution in [0, 0.1) is 11.7 Å². The van der Waals surface area contributed by atoms with Gasteiger partial charge in [0.15, 0.2) is 0 Å². The van der Waals surface area contributed by atoms with E-state index in [4.69, 9.17) is 4.74 Å². The quantitative estimate of drug-likeness (QED) is 0.327. The number of hydrogen-bond donors (Lipinski definition) is 0. The van der Waals surface area contributed by atoms with Crippen molar-refractivity contribution in [3.63, 3.8) is 0 Å². The van der Waals surface area contributed by atoms with E-state index < -0.39 is 0 Å². The lowest BCUT2D eigenvalue weighted by Gasteiger charge is -2.21. The molecule has 0 amide bonds. The Balaban J connectivity index is 1.48. The van der Waals surface area contributed by atoms with Gasteiger partial charge < -0.3 is 9.64 Å². The summed E-state index contributed by atoms with van der Waals surface area (Å²) in [4.78, 5) is 19.2. The summed E-state index contributed by atoms with van der Waals surface area (Å²) < 4.78 is 18.8. The summed E-state index contributed by atoms with van der Waals surface area (Å²) in [7, 11) is 0. The molecule has 0 radical (unpaired) electrons. The third-order valence-electron chi connectivity index (χ3n) is 6.00. The summed E-state index contributed by atoms with van der Waals surface area (Å²) >= 11 is 0. The molecule has 4 rings (SSSR count). The molecule has 1 fully saturated rings. The van der Waals surface area contributed by atoms with Crippen LogP contribution in [0.25, 0.3) is 11.1 Å². The Morgan fingerprint density at radius 1 is 1.15 bits per heavy atom. The molecule has 170 valence electrons. The highest BCUT2D eigenvalue weighted by Gasteiger charge is 2.29. The predicted octanol–water partition coefficient (Wildman–Crippen LogP) is 6.08. The third kappa shape index (κ3) is 5.30. The second kappa shape index (κ2) is 9.99. The van der Waals surface area contributed by atoms with Gasteiger partial charge >= 0.3 is 5.97 Å². The van der Waals surface area contributed by atoms with Gasteiger partial charge in [-0.3, -0.25) is 0 Å². The smallest absolute Gasteiger partial charge is 0.342 e. The molecule has 0 bridgehead atoms. The Kier molecular flexibility index (Phi) is 6.87. The Morgan fingerprint density at radius 3 is 2.67 bits per heavy atom. The number of rotatable bonds is 7. The molecule has 33 heavy (non-hydrogen) atoms. The van der Waals surface area contributed by atoms with Crippen LogP contribution >= 0.6 is 0 Å². The van der Waals surface area contributed by atoms with Crippen LogP contribution in [0.1, 0.15) is 36.2 Å². The normalized spacial score (nSPS) is 15.6. The van der Waals surface area contributed by atoms with Gasteiger partial charge in [-0.15, -0.1) is 0 Å². The number of nitrogens with zero attached hydrogens (tertiary/aromatic N) is 2. The van der Waals surface area contributed by atoms with E-state index in [2.05, 4.69) is 28.6 Å². The molecule has 2 heterocycles. The van der Waals surface area contributed by atoms with Crippen LogP contribution in [-0.2, 0) is 11.2 Å². The van der Waals surface area contributed by atoms with Crippen molar-refractivity contribution in [2.45, 2.75) is 32.8 Å². The molecule has 3 aromatic rings. The van der Waals surface area contributed by atoms with E-state index in [-0.39, 0.29) is 17.9 Å². The van der Waals surface area contributed by atoms with Crippen LogP contribution in [-0.4, -0.2) is 30.1 Å². The van der Waals surface area contributed by atoms with Crippen LogP contribution in [0.2, 0.25) is 0 Å². The fourth-order valence-corrected chi connectivity index (χ4v) is 4.35. The third-order valence-corrected chi connectivity index (χ3v) is 6.00. The maximum atomic E-state index is 13.4. The van der Waals surface area contributed by atoms with E-state index in [1.807, 2.05) is 38.1 Å². The lowest BCUT2D eigenvalue weighted by molar-refractivity contribution is 0.0378. The predicted molar refractivity (Wildman–Crippen MR) is 130 cm³/mol. The van der Waals surface area contributed by atoms with Crippen molar-refractivity contribution in [3.05, 3.63) is 96.0 Å². The first kappa shape index (κ1) is 22.7. The standard InChI is InChI=1S/C28H29FN2O2/c1-19(2)33-28(32)26-9-6-15-30-27(26)31-16-14-23(18-31)20(3)17-22-7-4-5-8-25(22)21-10-12-24(29)13-11-21/h4-13,15,19,23H,3,14,16-18H2,1-2H3/t23-/m1/s1. The second-order valence-electron chi connectivity index (χ2n) is 8.76. The summed E-state index contributed by atoms with van der Waals surface area (Å²) in [5.74, 6) is 0.383. The molecule has 5 heteroatoms. The number of pyridine rings is 1. The van der Waals surface area contributed by atoms with Crippen molar-refractivity contribution in [2.24, 2.45) is 5.92 Å². The fourth-order valence-electron chi connectivity index (χ4n) is 4.35. The molecule has 0 N–H and O–H groups in total. The Hall–Kier alpha value is -3.47. The molecule has 1 aliphatic heterocycles. The van der Waals surface area contributed by atoms with E-state index in [0.717, 1.165) is 42.6 Å². The Labute approximate surface area is 194 Å². The average Bonchev–Trinajstić information content (AvgIpc) is 3.30. The van der Waals surface area contributed by atoms with Crippen molar-refractivity contribution in [1.29, 1.82) is 0 Å². The minimum absolute atomic E-state index is 0.183. The van der Waals surface area contributed by atoms with Gasteiger partial charge in [0.25, 0.3) is 0 Å². The highest BCUT2D eigenvalue weighted by molar-refractivity contribution is 5.95. The van der Waals surface area contributed by atoms with Gasteiger partial charge in [0.1, 0.15) is 17.2 Å². The zero-order valence-corrected chi connectivity index (χ0v) is 19.1. The average molecular weight is 445 g/mol. The molecule has 2 aromatic carbocycles. The monoisotopic (exact) mass is 444 g/mol. The van der Waals surface area contributed by atoms with E-state index in [0.29, 0.717) is 17.3 Å². The maximum Gasteiger partial charge on any atom is 0.342 e. The molecular formula is C28H29FN2O2. The zero-order chi connectivity index (χ0) is 23.4. The van der Waals surface area contributed by atoms with Gasteiger partial charge in [0, 0.05) is 19.3 Å². The van der Waals surface area contributed by atoms with Crippen LogP contribution in [0.5, 0.6) is 0 Å². The highest BCUT2D eigenvalue weighted by atomic mass is 19.1. The number of halogens is 1. The Bertz CT molecular complexity index is 1140. The number of hydrogen-bond acceptors (Lipinski definition) is 4. The van der Waals surface area contributed by atoms with Gasteiger partial charge in [-0.2, -0.15) is 0 Å². The van der Waals surface area contributed by atoms with Gasteiger partial charge in [0.05, 0.1) is 6.10 Å². The summed E-state index contributed by atoms with van der Waals surface area (Å²) in [6, 6.07) is 18.3. The number of ether oxygens (including phenoxy) is 1. The Morgan fingerprint density at radius 2 is 1.91 bits per heavy atom. The SMILES string of the molecule is C=C(Cc1ccccc1-c1ccc(F)cc1)[C@@H]1CCN(c2ncccc2C(=O)OC(C)C)C1. The lowest BCUT2D eigenvalue weighted by Crippen LogP contribution is -2.25. The number of anilines is 1. The van der Waals surface area contributed by atoms with Crippen molar-refractivity contribution < 1.29 is 13.9 Å². The van der Waals surface area contributed by atoms with Gasteiger partial charge in [-0.25, -0.2) is 14.2 Å². The highest BCUT2D eigenvalue weighted by Crippen LogP contribution is 2.32. The first-order chi connectivity index (χ1) is 15.9. The van der Waals surface area contributed by atoms with E-state index in [9.17, 15) is 9.18 Å². The van der Waals surface area contributed by atoms with Crippen LogP contribution in [0.3, 0.4) is 0 Å². The number of carbonyl (C=O) groups is 1. The van der Waals surface area contributed by atoms with Crippen molar-refractivity contribution in [3.8, 4) is 11.1 Å². The zero-order valence-electron chi connectivity index (χ0n) is 19.1. The van der Waals surface area contributed by atoms with Crippen LogP contribution < -0.4 is 4.90 Å². The second-order valence-corrected chi connectivity index (χ2v) is 8.76. The topological polar surface area (TPSA) is 42.4 Å². The summed E-state index contributed by atoms with van der Waals surface area (Å²) in [6.07, 6.45) is 3.23. The molecule has 1 aromatic heterocycles. The van der Waals surface area contributed by atoms with Crippen molar-refractivity contribution >= 4 is 11.8 Å². The number of benzene rings is 2. The maximum absolute atomic E-state index is 13.4. The van der Waals surface area contributed by atoms with Gasteiger partial charge in [0.2, 0.25) is 0 Å². The molecule has 1 saturated heterocycles. The molecule has 4 nitrogen and oxygen atoms in total. The number of esters is 1. The summed E-state index contributed by atoms with van der Waals surface area (Å²) in [6.45, 7) is 9.66. The van der Waals surface area contributed by atoms with Crippen molar-refractivity contribution in [2.75, 3.05) is 18.0 Å². The van der Waals surface area contributed by atoms with Crippen molar-refractivity contribution in [1.82, 2.24) is 4.98 Å². The van der Waals surface area contributed by atoms with Gasteiger partial charge in [-0.05, 0) is 73.6 Å². The number of carbonyl (C=O) groups excluding carboxylic acids is 1. The largest absolute Gasteiger partial charge is 0.459 e. The van der Waals surface area contributed by atoms with Crippen LogP contribution in [0.15, 0.2) is 79.0 Å². The van der Waals surface area contributed by atoms with Crippen LogP contribution in [0.4, 0.5) is 10.2 Å². The molecule has 0 spiro atoms. The minimum atomic E-state index is -0.344. The van der Waals surface area contributed by atoms with Gasteiger partial charge in [-0.1, -0.05) is 48.6 Å². The van der Waals surface area contributed by atoms with E-state index in [1.165, 1.54) is 17.7 Å². The molecule has 1 atom stereocenters. The minimum Gasteiger partial charge on any atom is -0.459 e. The van der Waals surface area contributed by atoms with E-state index in [1.54, 1.807) is 18.3 Å². The molecular weight excluding hydrogens is 415 g/mol. The lowest BCUT2D eigenvalue weighted by atomic mass is 9.90. The molecule has 1 aliphatic rings. The first-order valence-corrected chi connectivity index (χ1v) is 11.3. The summed E-state index contributed by atoms with van der Waals surface area (Å²) in [5, 5.41) is 0. The van der Waals surface area contributed by atoms with E-state index >= 15 is 0 Å². The molecule has 0 aliphatic carbocycles. The fraction of sp³-hybridized carbons (Fsp3) is 0.286. The summed E-state index contributed by atoms with van der Waals surface area (Å²) in [5.41, 5.74) is 4.91. The number of aromatic nitrogens is 1. The molecule has 0 saturated carbocycles. The molecule has 0 unspecified atom stereocenters.